The number of carbonyl (C=O) groups is 1. The average Bonchev–Trinajstić information content (AvgIpc) is 2.37. The maximum atomic E-state index is 10.8. The number of benzene rings is 1. The largest absolute Gasteiger partial charge is 0.497 e. The van der Waals surface area contributed by atoms with Gasteiger partial charge in [-0.15, -0.1) is 0 Å². The van der Waals surface area contributed by atoms with Gasteiger partial charge in [-0.05, 0) is 18.9 Å². The van der Waals surface area contributed by atoms with E-state index in [9.17, 15) is 14.9 Å². The summed E-state index contributed by atoms with van der Waals surface area (Å²) in [5, 5.41) is 19.3. The first-order chi connectivity index (χ1) is 9.04. The Balaban J connectivity index is 2.59. The van der Waals surface area contributed by atoms with E-state index in [0.29, 0.717) is 18.6 Å². The normalized spacial score (nSPS) is 9.95. The number of nitrogens with zero attached hydrogens (tertiary/aromatic N) is 1. The Morgan fingerprint density at radius 3 is 2.74 bits per heavy atom. The maximum absolute atomic E-state index is 10.8. The van der Waals surface area contributed by atoms with Crippen LogP contribution in [0.5, 0.6) is 11.5 Å². The number of nitro groups is 1. The molecule has 1 rings (SSSR count). The van der Waals surface area contributed by atoms with Crippen molar-refractivity contribution in [1.29, 1.82) is 0 Å². The Morgan fingerprint density at radius 1 is 1.42 bits per heavy atom. The van der Waals surface area contributed by atoms with Crippen LogP contribution in [0.4, 0.5) is 5.69 Å². The summed E-state index contributed by atoms with van der Waals surface area (Å²) in [5.41, 5.74) is -0.140. The van der Waals surface area contributed by atoms with Crippen LogP contribution in [0.3, 0.4) is 0 Å². The summed E-state index contributed by atoms with van der Waals surface area (Å²) in [6, 6.07) is 4.23. The van der Waals surface area contributed by atoms with Crippen molar-refractivity contribution in [2.75, 3.05) is 13.7 Å². The second kappa shape index (κ2) is 7.20. The molecule has 0 spiro atoms. The van der Waals surface area contributed by atoms with Gasteiger partial charge in [0.2, 0.25) is 5.75 Å². The van der Waals surface area contributed by atoms with Crippen LogP contribution < -0.4 is 9.47 Å². The molecule has 0 bridgehead atoms. The van der Waals surface area contributed by atoms with Crippen LogP contribution in [0.1, 0.15) is 19.3 Å². The first-order valence-corrected chi connectivity index (χ1v) is 5.71. The molecule has 1 N–H and O–H groups in total. The molecule has 0 unspecified atom stereocenters. The third kappa shape index (κ3) is 4.82. The highest BCUT2D eigenvalue weighted by Crippen LogP contribution is 2.31. The SMILES string of the molecule is COc1ccc([N+](=O)[O-])c(OCCCCC(=O)O)c1. The van der Waals surface area contributed by atoms with Gasteiger partial charge >= 0.3 is 11.7 Å². The third-order valence-electron chi connectivity index (χ3n) is 2.41. The number of hydrogen-bond acceptors (Lipinski definition) is 5. The van der Waals surface area contributed by atoms with Gasteiger partial charge in [0.25, 0.3) is 0 Å². The van der Waals surface area contributed by atoms with Crippen molar-refractivity contribution in [1.82, 2.24) is 0 Å². The number of nitro benzene ring substituents is 1. The quantitative estimate of drug-likeness (QED) is 0.441. The molecule has 104 valence electrons. The van der Waals surface area contributed by atoms with Crippen molar-refractivity contribution < 1.29 is 24.3 Å². The van der Waals surface area contributed by atoms with Gasteiger partial charge in [0, 0.05) is 18.6 Å². The second-order valence-corrected chi connectivity index (χ2v) is 3.79. The molecule has 0 radical (unpaired) electrons. The first kappa shape index (κ1) is 14.7. The fraction of sp³-hybridized carbons (Fsp3) is 0.417. The minimum Gasteiger partial charge on any atom is -0.497 e. The van der Waals surface area contributed by atoms with Crippen LogP contribution in [0.2, 0.25) is 0 Å². The molecule has 19 heavy (non-hydrogen) atoms. The van der Waals surface area contributed by atoms with Crippen molar-refractivity contribution in [3.05, 3.63) is 28.3 Å². The number of hydrogen-bond donors (Lipinski definition) is 1. The van der Waals surface area contributed by atoms with Crippen molar-refractivity contribution in [2.45, 2.75) is 19.3 Å². The molecule has 0 saturated carbocycles. The van der Waals surface area contributed by atoms with Gasteiger partial charge in [0.05, 0.1) is 18.6 Å². The van der Waals surface area contributed by atoms with E-state index in [1.807, 2.05) is 0 Å². The summed E-state index contributed by atoms with van der Waals surface area (Å²) in [7, 11) is 1.46. The fourth-order valence-corrected chi connectivity index (χ4v) is 1.45. The van der Waals surface area contributed by atoms with E-state index >= 15 is 0 Å². The molecule has 0 atom stereocenters. The van der Waals surface area contributed by atoms with Crippen LogP contribution >= 0.6 is 0 Å². The molecular weight excluding hydrogens is 254 g/mol. The molecule has 0 aliphatic carbocycles. The Bertz CT molecular complexity index is 460. The summed E-state index contributed by atoms with van der Waals surface area (Å²) in [6.07, 6.45) is 1.04. The molecule has 0 aromatic heterocycles. The molecule has 0 aliphatic heterocycles. The van der Waals surface area contributed by atoms with Gasteiger partial charge in [-0.3, -0.25) is 14.9 Å². The summed E-state index contributed by atoms with van der Waals surface area (Å²) >= 11 is 0. The van der Waals surface area contributed by atoms with Crippen molar-refractivity contribution >= 4 is 11.7 Å². The standard InChI is InChI=1S/C12H15NO6/c1-18-9-5-6-10(13(16)17)11(8-9)19-7-3-2-4-12(14)15/h5-6,8H,2-4,7H2,1H3,(H,14,15). The van der Waals surface area contributed by atoms with E-state index in [1.54, 1.807) is 0 Å². The lowest BCUT2D eigenvalue weighted by molar-refractivity contribution is -0.385. The Morgan fingerprint density at radius 2 is 2.16 bits per heavy atom. The Kier molecular flexibility index (Phi) is 5.59. The van der Waals surface area contributed by atoms with E-state index in [0.717, 1.165) is 0 Å². The molecule has 0 saturated heterocycles. The summed E-state index contributed by atoms with van der Waals surface area (Å²) in [5.74, 6) is -0.279. The number of rotatable bonds is 8. The molecule has 0 heterocycles. The Labute approximate surface area is 109 Å². The van der Waals surface area contributed by atoms with Crippen LogP contribution in [-0.2, 0) is 4.79 Å². The van der Waals surface area contributed by atoms with Gasteiger partial charge in [0.15, 0.2) is 0 Å². The highest BCUT2D eigenvalue weighted by atomic mass is 16.6. The van der Waals surface area contributed by atoms with E-state index in [-0.39, 0.29) is 24.5 Å². The number of carboxylic acid groups (broad SMARTS) is 1. The van der Waals surface area contributed by atoms with Crippen LogP contribution in [-0.4, -0.2) is 29.7 Å². The molecular formula is C12H15NO6. The number of ether oxygens (including phenoxy) is 2. The summed E-state index contributed by atoms with van der Waals surface area (Å²) in [4.78, 5) is 20.6. The monoisotopic (exact) mass is 269 g/mol. The minimum atomic E-state index is -0.868. The lowest BCUT2D eigenvalue weighted by atomic mass is 10.2. The predicted octanol–water partition coefficient (Wildman–Crippen LogP) is 2.24. The molecule has 0 fully saturated rings. The topological polar surface area (TPSA) is 98.9 Å². The first-order valence-electron chi connectivity index (χ1n) is 5.71. The summed E-state index contributed by atoms with van der Waals surface area (Å²) < 4.78 is 10.3. The smallest absolute Gasteiger partial charge is 0.311 e. The van der Waals surface area contributed by atoms with Gasteiger partial charge in [0.1, 0.15) is 5.75 Å². The van der Waals surface area contributed by atoms with E-state index in [4.69, 9.17) is 14.6 Å². The van der Waals surface area contributed by atoms with Crippen molar-refractivity contribution in [2.24, 2.45) is 0 Å². The van der Waals surface area contributed by atoms with E-state index in [2.05, 4.69) is 0 Å². The van der Waals surface area contributed by atoms with E-state index < -0.39 is 10.9 Å². The van der Waals surface area contributed by atoms with Gasteiger partial charge in [-0.1, -0.05) is 0 Å². The Hall–Kier alpha value is -2.31. The minimum absolute atomic E-state index is 0.0591. The molecule has 1 aromatic carbocycles. The maximum Gasteiger partial charge on any atom is 0.311 e. The highest BCUT2D eigenvalue weighted by Gasteiger charge is 2.15. The van der Waals surface area contributed by atoms with Crippen molar-refractivity contribution in [3.8, 4) is 11.5 Å². The number of carboxylic acids is 1. The predicted molar refractivity (Wildman–Crippen MR) is 66.6 cm³/mol. The number of unbranched alkanes of at least 4 members (excludes halogenated alkanes) is 1. The third-order valence-corrected chi connectivity index (χ3v) is 2.41. The summed E-state index contributed by atoms with van der Waals surface area (Å²) in [6.45, 7) is 0.223. The molecule has 7 nitrogen and oxygen atoms in total. The number of methoxy groups -OCH3 is 1. The van der Waals surface area contributed by atoms with E-state index in [1.165, 1.54) is 25.3 Å². The lowest BCUT2D eigenvalue weighted by Crippen LogP contribution is -2.02. The van der Waals surface area contributed by atoms with Crippen LogP contribution in [0, 0.1) is 10.1 Å². The van der Waals surface area contributed by atoms with Gasteiger partial charge < -0.3 is 14.6 Å². The zero-order valence-electron chi connectivity index (χ0n) is 10.5. The molecule has 0 amide bonds. The number of aliphatic carboxylic acids is 1. The zero-order chi connectivity index (χ0) is 14.3. The van der Waals surface area contributed by atoms with Gasteiger partial charge in [-0.25, -0.2) is 0 Å². The molecule has 0 aliphatic rings. The van der Waals surface area contributed by atoms with Gasteiger partial charge in [-0.2, -0.15) is 0 Å². The average molecular weight is 269 g/mol. The zero-order valence-corrected chi connectivity index (χ0v) is 10.5. The van der Waals surface area contributed by atoms with Crippen LogP contribution in [0.15, 0.2) is 18.2 Å². The molecule has 1 aromatic rings. The van der Waals surface area contributed by atoms with Crippen LogP contribution in [0.25, 0.3) is 0 Å². The van der Waals surface area contributed by atoms with Crippen molar-refractivity contribution in [3.63, 3.8) is 0 Å². The fourth-order valence-electron chi connectivity index (χ4n) is 1.45. The highest BCUT2D eigenvalue weighted by molar-refractivity contribution is 5.66. The second-order valence-electron chi connectivity index (χ2n) is 3.79. The lowest BCUT2D eigenvalue weighted by Gasteiger charge is -2.08. The molecule has 7 heteroatoms.